The SMILES string of the molecule is Cc1cnc(NC(=O)c2ccc(COc3cccc(Cl)c3)o2)s1. The smallest absolute Gasteiger partial charge is 0.293 e. The molecule has 0 fully saturated rings. The maximum absolute atomic E-state index is 12.1. The minimum Gasteiger partial charge on any atom is -0.486 e. The molecule has 0 bridgehead atoms. The quantitative estimate of drug-likeness (QED) is 0.735. The number of carbonyl (C=O) groups is 1. The van der Waals surface area contributed by atoms with Crippen molar-refractivity contribution in [3.63, 3.8) is 0 Å². The van der Waals surface area contributed by atoms with Crippen LogP contribution in [-0.4, -0.2) is 10.9 Å². The molecule has 5 nitrogen and oxygen atoms in total. The van der Waals surface area contributed by atoms with E-state index in [2.05, 4.69) is 10.3 Å². The Kier molecular flexibility index (Phi) is 4.64. The summed E-state index contributed by atoms with van der Waals surface area (Å²) in [6.07, 6.45) is 1.70. The second-order valence-corrected chi connectivity index (χ2v) is 6.41. The summed E-state index contributed by atoms with van der Waals surface area (Å²) in [6, 6.07) is 10.4. The maximum Gasteiger partial charge on any atom is 0.293 e. The monoisotopic (exact) mass is 348 g/mol. The number of anilines is 1. The average Bonchev–Trinajstić information content (AvgIpc) is 3.14. The molecule has 0 saturated carbocycles. The Morgan fingerprint density at radius 1 is 1.39 bits per heavy atom. The summed E-state index contributed by atoms with van der Waals surface area (Å²) in [6.45, 7) is 2.13. The first kappa shape index (κ1) is 15.6. The molecular weight excluding hydrogens is 336 g/mol. The third kappa shape index (κ3) is 4.12. The fraction of sp³-hybridized carbons (Fsp3) is 0.125. The van der Waals surface area contributed by atoms with Gasteiger partial charge in [-0.3, -0.25) is 10.1 Å². The number of aromatic nitrogens is 1. The first-order valence-corrected chi connectivity index (χ1v) is 8.00. The molecule has 0 unspecified atom stereocenters. The van der Waals surface area contributed by atoms with Crippen molar-refractivity contribution in [1.29, 1.82) is 0 Å². The Labute approximate surface area is 141 Å². The number of amides is 1. The minimum atomic E-state index is -0.339. The van der Waals surface area contributed by atoms with E-state index in [1.807, 2.05) is 6.92 Å². The van der Waals surface area contributed by atoms with Gasteiger partial charge in [-0.15, -0.1) is 11.3 Å². The van der Waals surface area contributed by atoms with Gasteiger partial charge in [0.1, 0.15) is 18.1 Å². The highest BCUT2D eigenvalue weighted by Crippen LogP contribution is 2.20. The molecule has 2 aromatic heterocycles. The van der Waals surface area contributed by atoms with E-state index in [9.17, 15) is 4.79 Å². The van der Waals surface area contributed by atoms with E-state index in [-0.39, 0.29) is 18.3 Å². The lowest BCUT2D eigenvalue weighted by Crippen LogP contribution is -2.10. The zero-order chi connectivity index (χ0) is 16.2. The van der Waals surface area contributed by atoms with Crippen molar-refractivity contribution in [2.45, 2.75) is 13.5 Å². The first-order valence-electron chi connectivity index (χ1n) is 6.81. The molecule has 1 amide bonds. The van der Waals surface area contributed by atoms with Crippen molar-refractivity contribution in [3.05, 3.63) is 64.0 Å². The third-order valence-corrected chi connectivity index (χ3v) is 3.97. The van der Waals surface area contributed by atoms with E-state index < -0.39 is 0 Å². The van der Waals surface area contributed by atoms with Crippen LogP contribution in [0.3, 0.4) is 0 Å². The minimum absolute atomic E-state index is 0.211. The summed E-state index contributed by atoms with van der Waals surface area (Å²) < 4.78 is 11.1. The lowest BCUT2D eigenvalue weighted by Gasteiger charge is -2.04. The number of rotatable bonds is 5. The highest BCUT2D eigenvalue weighted by atomic mass is 35.5. The second kappa shape index (κ2) is 6.85. The molecule has 7 heteroatoms. The number of halogens is 1. The van der Waals surface area contributed by atoms with Gasteiger partial charge < -0.3 is 9.15 Å². The van der Waals surface area contributed by atoms with Crippen molar-refractivity contribution < 1.29 is 13.9 Å². The summed E-state index contributed by atoms with van der Waals surface area (Å²) in [7, 11) is 0. The van der Waals surface area contributed by atoms with Crippen LogP contribution in [0.15, 0.2) is 47.0 Å². The lowest BCUT2D eigenvalue weighted by atomic mass is 10.3. The molecule has 0 spiro atoms. The van der Waals surface area contributed by atoms with E-state index >= 15 is 0 Å². The Bertz CT molecular complexity index is 828. The predicted octanol–water partition coefficient (Wildman–Crippen LogP) is 4.53. The first-order chi connectivity index (χ1) is 11.1. The van der Waals surface area contributed by atoms with Crippen molar-refractivity contribution >= 4 is 34.0 Å². The molecule has 0 aliphatic carbocycles. The topological polar surface area (TPSA) is 64.4 Å². The van der Waals surface area contributed by atoms with Crippen molar-refractivity contribution in [1.82, 2.24) is 4.98 Å². The van der Waals surface area contributed by atoms with Gasteiger partial charge in [0.05, 0.1) is 0 Å². The number of thiazole rings is 1. The van der Waals surface area contributed by atoms with E-state index in [4.69, 9.17) is 20.8 Å². The van der Waals surface area contributed by atoms with Crippen LogP contribution in [0.1, 0.15) is 21.2 Å². The van der Waals surface area contributed by atoms with Gasteiger partial charge in [0.25, 0.3) is 5.91 Å². The number of hydrogen-bond donors (Lipinski definition) is 1. The number of ether oxygens (including phenoxy) is 1. The van der Waals surface area contributed by atoms with Crippen LogP contribution in [-0.2, 0) is 6.61 Å². The molecule has 23 heavy (non-hydrogen) atoms. The van der Waals surface area contributed by atoms with E-state index in [0.29, 0.717) is 21.7 Å². The second-order valence-electron chi connectivity index (χ2n) is 4.74. The van der Waals surface area contributed by atoms with Gasteiger partial charge >= 0.3 is 0 Å². The highest BCUT2D eigenvalue weighted by Gasteiger charge is 2.13. The van der Waals surface area contributed by atoms with Crippen molar-refractivity contribution in [2.24, 2.45) is 0 Å². The van der Waals surface area contributed by atoms with E-state index in [1.54, 1.807) is 42.6 Å². The van der Waals surface area contributed by atoms with E-state index in [0.717, 1.165) is 4.88 Å². The highest BCUT2D eigenvalue weighted by molar-refractivity contribution is 7.15. The number of carbonyl (C=O) groups excluding carboxylic acids is 1. The van der Waals surface area contributed by atoms with Crippen LogP contribution in [0.5, 0.6) is 5.75 Å². The Balaban J connectivity index is 1.60. The summed E-state index contributed by atoms with van der Waals surface area (Å²) >= 11 is 7.29. The van der Waals surface area contributed by atoms with Crippen LogP contribution in [0.25, 0.3) is 0 Å². The van der Waals surface area contributed by atoms with Gasteiger partial charge in [-0.2, -0.15) is 0 Å². The van der Waals surface area contributed by atoms with Crippen LogP contribution in [0, 0.1) is 6.92 Å². The summed E-state index contributed by atoms with van der Waals surface area (Å²) in [5.41, 5.74) is 0. The molecular formula is C16H13ClN2O3S. The lowest BCUT2D eigenvalue weighted by molar-refractivity contribution is 0.0992. The molecule has 0 aliphatic heterocycles. The molecule has 0 atom stereocenters. The van der Waals surface area contributed by atoms with Crippen LogP contribution < -0.4 is 10.1 Å². The molecule has 118 valence electrons. The predicted molar refractivity (Wildman–Crippen MR) is 89.3 cm³/mol. The largest absolute Gasteiger partial charge is 0.486 e. The van der Waals surface area contributed by atoms with Crippen molar-refractivity contribution in [2.75, 3.05) is 5.32 Å². The van der Waals surface area contributed by atoms with Gasteiger partial charge in [-0.05, 0) is 37.3 Å². The normalized spacial score (nSPS) is 10.5. The van der Waals surface area contributed by atoms with Gasteiger partial charge in [0.2, 0.25) is 0 Å². The molecule has 0 aliphatic rings. The Morgan fingerprint density at radius 2 is 2.26 bits per heavy atom. The number of aryl methyl sites for hydroxylation is 1. The molecule has 1 N–H and O–H groups in total. The molecule has 0 radical (unpaired) electrons. The fourth-order valence-corrected chi connectivity index (χ4v) is 2.70. The van der Waals surface area contributed by atoms with Gasteiger partial charge in [-0.25, -0.2) is 4.98 Å². The van der Waals surface area contributed by atoms with Crippen LogP contribution in [0.2, 0.25) is 5.02 Å². The van der Waals surface area contributed by atoms with Gasteiger partial charge in [0, 0.05) is 16.1 Å². The molecule has 1 aromatic carbocycles. The zero-order valence-corrected chi connectivity index (χ0v) is 13.8. The Morgan fingerprint density at radius 3 is 3.00 bits per heavy atom. The van der Waals surface area contributed by atoms with Crippen LogP contribution in [0.4, 0.5) is 5.13 Å². The number of nitrogens with one attached hydrogen (secondary N) is 1. The zero-order valence-electron chi connectivity index (χ0n) is 12.2. The number of furan rings is 1. The van der Waals surface area contributed by atoms with E-state index in [1.165, 1.54) is 11.3 Å². The van der Waals surface area contributed by atoms with Crippen LogP contribution >= 0.6 is 22.9 Å². The standard InChI is InChI=1S/C16H13ClN2O3S/c1-10-8-18-16(23-10)19-15(20)14-6-5-13(22-14)9-21-12-4-2-3-11(17)7-12/h2-8H,9H2,1H3,(H,18,19,20). The average molecular weight is 349 g/mol. The third-order valence-electron chi connectivity index (χ3n) is 2.90. The summed E-state index contributed by atoms with van der Waals surface area (Å²) in [5, 5.41) is 3.83. The fourth-order valence-electron chi connectivity index (χ4n) is 1.86. The number of hydrogen-bond acceptors (Lipinski definition) is 5. The molecule has 3 aromatic rings. The van der Waals surface area contributed by atoms with Gasteiger partial charge in [0.15, 0.2) is 10.9 Å². The van der Waals surface area contributed by atoms with Gasteiger partial charge in [-0.1, -0.05) is 17.7 Å². The summed E-state index contributed by atoms with van der Waals surface area (Å²) in [5.74, 6) is 1.06. The van der Waals surface area contributed by atoms with Crippen molar-refractivity contribution in [3.8, 4) is 5.75 Å². The molecule has 0 saturated heterocycles. The number of nitrogens with zero attached hydrogens (tertiary/aromatic N) is 1. The number of benzene rings is 1. The molecule has 3 rings (SSSR count). The summed E-state index contributed by atoms with van der Waals surface area (Å²) in [4.78, 5) is 17.2. The Hall–Kier alpha value is -2.31. The molecule has 2 heterocycles. The maximum atomic E-state index is 12.1.